The highest BCUT2D eigenvalue weighted by Gasteiger charge is 2.26. The highest BCUT2D eigenvalue weighted by molar-refractivity contribution is 5.69. The highest BCUT2D eigenvalue weighted by atomic mass is 16.3. The van der Waals surface area contributed by atoms with Gasteiger partial charge in [-0.25, -0.2) is 4.98 Å². The molecule has 1 aromatic carbocycles. The molecule has 5 heteroatoms. The summed E-state index contributed by atoms with van der Waals surface area (Å²) < 4.78 is 0. The van der Waals surface area contributed by atoms with E-state index in [1.165, 1.54) is 12.8 Å². The number of rotatable bonds is 4. The van der Waals surface area contributed by atoms with Gasteiger partial charge in [-0.15, -0.1) is 0 Å². The number of hydrogen-bond donors (Lipinski definition) is 2. The predicted molar refractivity (Wildman–Crippen MR) is 87.4 cm³/mol. The number of hydrogen-bond acceptors (Lipinski definition) is 5. The molecule has 1 fully saturated rings. The molecule has 1 aliphatic heterocycles. The highest BCUT2D eigenvalue weighted by Crippen LogP contribution is 2.33. The van der Waals surface area contributed by atoms with Gasteiger partial charge in [0.1, 0.15) is 11.6 Å². The smallest absolute Gasteiger partial charge is 0.229 e. The Morgan fingerprint density at radius 1 is 1.32 bits per heavy atom. The molecule has 1 aromatic heterocycles. The van der Waals surface area contributed by atoms with Crippen LogP contribution >= 0.6 is 0 Å². The van der Waals surface area contributed by atoms with Crippen molar-refractivity contribution in [3.63, 3.8) is 0 Å². The normalized spacial score (nSPS) is 16.5. The first-order valence-electron chi connectivity index (χ1n) is 7.62. The lowest BCUT2D eigenvalue weighted by Crippen LogP contribution is -2.29. The van der Waals surface area contributed by atoms with Crippen LogP contribution in [0.2, 0.25) is 0 Å². The molecule has 0 amide bonds. The molecular formula is C17H18N4O. The molecule has 2 heterocycles. The van der Waals surface area contributed by atoms with Gasteiger partial charge in [0.25, 0.3) is 0 Å². The van der Waals surface area contributed by atoms with Gasteiger partial charge in [-0.3, -0.25) is 0 Å². The summed E-state index contributed by atoms with van der Waals surface area (Å²) in [7, 11) is 0. The Morgan fingerprint density at radius 2 is 2.23 bits per heavy atom. The monoisotopic (exact) mass is 294 g/mol. The van der Waals surface area contributed by atoms with E-state index in [-0.39, 0.29) is 5.75 Å². The minimum atomic E-state index is 0.223. The van der Waals surface area contributed by atoms with E-state index >= 15 is 0 Å². The van der Waals surface area contributed by atoms with Gasteiger partial charge >= 0.3 is 0 Å². The summed E-state index contributed by atoms with van der Waals surface area (Å²) in [6, 6.07) is 6.97. The average Bonchev–Trinajstić information content (AvgIpc) is 3.32. The zero-order chi connectivity index (χ0) is 14.9. The summed E-state index contributed by atoms with van der Waals surface area (Å²) in [6.07, 6.45) is 8.75. The molecule has 2 N–H and O–H groups in total. The Morgan fingerprint density at radius 3 is 3.05 bits per heavy atom. The van der Waals surface area contributed by atoms with Gasteiger partial charge < -0.3 is 15.3 Å². The van der Waals surface area contributed by atoms with Crippen molar-refractivity contribution in [2.45, 2.75) is 12.8 Å². The second-order valence-corrected chi connectivity index (χ2v) is 5.90. The van der Waals surface area contributed by atoms with Crippen molar-refractivity contribution >= 4 is 23.5 Å². The second kappa shape index (κ2) is 5.33. The molecule has 5 nitrogen and oxygen atoms in total. The number of fused-ring (bicyclic) bond motifs is 1. The fourth-order valence-electron chi connectivity index (χ4n) is 2.69. The first kappa shape index (κ1) is 13.1. The largest absolute Gasteiger partial charge is 0.508 e. The maximum absolute atomic E-state index is 9.53. The van der Waals surface area contributed by atoms with Crippen molar-refractivity contribution in [3.8, 4) is 5.75 Å². The quantitative estimate of drug-likeness (QED) is 0.907. The Hall–Kier alpha value is -2.56. The van der Waals surface area contributed by atoms with Crippen molar-refractivity contribution in [3.05, 3.63) is 42.1 Å². The summed E-state index contributed by atoms with van der Waals surface area (Å²) in [5.74, 6) is 2.59. The molecule has 0 bridgehead atoms. The first-order chi connectivity index (χ1) is 10.8. The number of anilines is 3. The molecule has 0 radical (unpaired) electrons. The molecule has 0 spiro atoms. The third kappa shape index (κ3) is 2.74. The van der Waals surface area contributed by atoms with Crippen LogP contribution in [0.4, 0.5) is 17.5 Å². The maximum Gasteiger partial charge on any atom is 0.229 e. The minimum absolute atomic E-state index is 0.223. The third-order valence-corrected chi connectivity index (χ3v) is 4.00. The minimum Gasteiger partial charge on any atom is -0.508 e. The molecule has 112 valence electrons. The number of phenols is 1. The fraction of sp³-hybridized carbons (Fsp3) is 0.294. The van der Waals surface area contributed by atoms with Gasteiger partial charge in [0.2, 0.25) is 5.95 Å². The van der Waals surface area contributed by atoms with Crippen LogP contribution in [-0.4, -0.2) is 28.2 Å². The van der Waals surface area contributed by atoms with Gasteiger partial charge in [-0.05, 0) is 30.9 Å². The molecule has 2 aromatic rings. The molecular weight excluding hydrogens is 276 g/mol. The van der Waals surface area contributed by atoms with Crippen LogP contribution in [-0.2, 0) is 0 Å². The lowest BCUT2D eigenvalue weighted by molar-refractivity contribution is 0.475. The zero-order valence-electron chi connectivity index (χ0n) is 12.2. The molecule has 22 heavy (non-hydrogen) atoms. The number of aromatic hydroxyl groups is 1. The van der Waals surface area contributed by atoms with Crippen LogP contribution in [0.5, 0.6) is 5.75 Å². The van der Waals surface area contributed by atoms with E-state index < -0.39 is 0 Å². The SMILES string of the molecule is Oc1cccc(Nc2ncc3c(n2)N(CC2CC2)CC=C3)c1. The van der Waals surface area contributed by atoms with Gasteiger partial charge in [0.05, 0.1) is 0 Å². The summed E-state index contributed by atoms with van der Waals surface area (Å²) in [4.78, 5) is 11.4. The second-order valence-electron chi connectivity index (χ2n) is 5.90. The number of nitrogens with one attached hydrogen (secondary N) is 1. The maximum atomic E-state index is 9.53. The number of phenolic OH excluding ortho intramolecular Hbond substituents is 1. The van der Waals surface area contributed by atoms with Crippen molar-refractivity contribution in [1.82, 2.24) is 9.97 Å². The van der Waals surface area contributed by atoms with E-state index in [9.17, 15) is 5.11 Å². The average molecular weight is 294 g/mol. The van der Waals surface area contributed by atoms with Crippen LogP contribution in [0.15, 0.2) is 36.5 Å². The predicted octanol–water partition coefficient (Wildman–Crippen LogP) is 3.17. The molecule has 0 atom stereocenters. The van der Waals surface area contributed by atoms with Crippen LogP contribution < -0.4 is 10.2 Å². The molecule has 1 saturated carbocycles. The Labute approximate surface area is 129 Å². The molecule has 0 unspecified atom stereocenters. The van der Waals surface area contributed by atoms with E-state index in [4.69, 9.17) is 0 Å². The number of aromatic nitrogens is 2. The summed E-state index contributed by atoms with van der Waals surface area (Å²) in [5, 5.41) is 12.7. The van der Waals surface area contributed by atoms with E-state index in [1.54, 1.807) is 18.2 Å². The van der Waals surface area contributed by atoms with Crippen LogP contribution in [0.25, 0.3) is 6.08 Å². The van der Waals surface area contributed by atoms with Gasteiger partial charge in [0, 0.05) is 36.6 Å². The van der Waals surface area contributed by atoms with E-state index in [2.05, 4.69) is 32.3 Å². The van der Waals surface area contributed by atoms with Crippen molar-refractivity contribution in [2.75, 3.05) is 23.3 Å². The standard InChI is InChI=1S/C17H18N4O/c22-15-5-1-4-14(9-15)19-17-18-10-13-3-2-8-21(16(13)20-17)11-12-6-7-12/h1-5,9-10,12,22H,6-8,11H2,(H,18,19,20). The van der Waals surface area contributed by atoms with Gasteiger partial charge in [-0.1, -0.05) is 18.2 Å². The van der Waals surface area contributed by atoms with Crippen molar-refractivity contribution in [2.24, 2.45) is 5.92 Å². The number of benzene rings is 1. The Kier molecular flexibility index (Phi) is 3.18. The zero-order valence-corrected chi connectivity index (χ0v) is 12.2. The number of nitrogens with zero attached hydrogens (tertiary/aromatic N) is 3. The fourth-order valence-corrected chi connectivity index (χ4v) is 2.69. The Balaban J connectivity index is 1.60. The van der Waals surface area contributed by atoms with Crippen molar-refractivity contribution in [1.29, 1.82) is 0 Å². The lowest BCUT2D eigenvalue weighted by Gasteiger charge is -2.27. The van der Waals surface area contributed by atoms with Gasteiger partial charge in [-0.2, -0.15) is 4.98 Å². The topological polar surface area (TPSA) is 61.3 Å². The first-order valence-corrected chi connectivity index (χ1v) is 7.62. The van der Waals surface area contributed by atoms with Crippen LogP contribution in [0.3, 0.4) is 0 Å². The van der Waals surface area contributed by atoms with Crippen molar-refractivity contribution < 1.29 is 5.11 Å². The van der Waals surface area contributed by atoms with Crippen LogP contribution in [0.1, 0.15) is 18.4 Å². The van der Waals surface area contributed by atoms with E-state index in [0.29, 0.717) is 5.95 Å². The van der Waals surface area contributed by atoms with Crippen LogP contribution in [0, 0.1) is 5.92 Å². The van der Waals surface area contributed by atoms with Gasteiger partial charge in [0.15, 0.2) is 0 Å². The lowest BCUT2D eigenvalue weighted by atomic mass is 10.2. The summed E-state index contributed by atoms with van der Waals surface area (Å²) in [5.41, 5.74) is 1.84. The summed E-state index contributed by atoms with van der Waals surface area (Å²) in [6.45, 7) is 1.98. The Bertz CT molecular complexity index is 724. The molecule has 2 aliphatic rings. The summed E-state index contributed by atoms with van der Waals surface area (Å²) >= 11 is 0. The van der Waals surface area contributed by atoms with E-state index in [0.717, 1.165) is 36.1 Å². The molecule has 0 saturated heterocycles. The third-order valence-electron chi connectivity index (χ3n) is 4.00. The molecule has 1 aliphatic carbocycles. The molecule has 4 rings (SSSR count). The van der Waals surface area contributed by atoms with E-state index in [1.807, 2.05) is 12.3 Å².